The van der Waals surface area contributed by atoms with Gasteiger partial charge < -0.3 is 20.7 Å². The lowest BCUT2D eigenvalue weighted by Gasteiger charge is -2.17. The third-order valence-corrected chi connectivity index (χ3v) is 3.18. The van der Waals surface area contributed by atoms with E-state index in [9.17, 15) is 27.5 Å². The SMILES string of the molecule is N[C@@H](c1ccc(OC(F)(F)F)cc1)c1c(F)ccc(C(=O)O)c1O. The summed E-state index contributed by atoms with van der Waals surface area (Å²) in [6, 6.07) is 4.67. The Morgan fingerprint density at radius 1 is 1.12 bits per heavy atom. The fourth-order valence-electron chi connectivity index (χ4n) is 2.10. The van der Waals surface area contributed by atoms with Crippen LogP contribution in [-0.4, -0.2) is 22.5 Å². The fourth-order valence-corrected chi connectivity index (χ4v) is 2.10. The number of ether oxygens (including phenoxy) is 1. The summed E-state index contributed by atoms with van der Waals surface area (Å²) in [5, 5.41) is 18.8. The largest absolute Gasteiger partial charge is 0.573 e. The van der Waals surface area contributed by atoms with Crippen LogP contribution >= 0.6 is 0 Å². The zero-order valence-corrected chi connectivity index (χ0v) is 11.8. The first kappa shape index (κ1) is 17.5. The van der Waals surface area contributed by atoms with Crippen molar-refractivity contribution in [2.24, 2.45) is 5.73 Å². The van der Waals surface area contributed by atoms with Crippen molar-refractivity contribution in [3.05, 3.63) is 58.9 Å². The van der Waals surface area contributed by atoms with Crippen LogP contribution < -0.4 is 10.5 Å². The molecule has 2 aromatic rings. The van der Waals surface area contributed by atoms with Gasteiger partial charge in [0.1, 0.15) is 22.9 Å². The van der Waals surface area contributed by atoms with Crippen LogP contribution in [-0.2, 0) is 0 Å². The molecule has 0 unspecified atom stereocenters. The van der Waals surface area contributed by atoms with E-state index in [1.54, 1.807) is 0 Å². The summed E-state index contributed by atoms with van der Waals surface area (Å²) in [6.45, 7) is 0. The molecule has 0 aliphatic heterocycles. The molecule has 24 heavy (non-hydrogen) atoms. The Hall–Kier alpha value is -2.81. The van der Waals surface area contributed by atoms with Crippen LogP contribution in [0.15, 0.2) is 36.4 Å². The van der Waals surface area contributed by atoms with Crippen molar-refractivity contribution in [1.82, 2.24) is 0 Å². The smallest absolute Gasteiger partial charge is 0.507 e. The maximum absolute atomic E-state index is 13.9. The lowest BCUT2D eigenvalue weighted by Crippen LogP contribution is -2.18. The molecule has 0 spiro atoms. The van der Waals surface area contributed by atoms with E-state index in [2.05, 4.69) is 4.74 Å². The van der Waals surface area contributed by atoms with Gasteiger partial charge in [0.25, 0.3) is 0 Å². The van der Waals surface area contributed by atoms with Crippen molar-refractivity contribution in [2.45, 2.75) is 12.4 Å². The Labute approximate surface area is 132 Å². The van der Waals surface area contributed by atoms with Gasteiger partial charge in [-0.2, -0.15) is 0 Å². The third kappa shape index (κ3) is 3.74. The second-order valence-electron chi connectivity index (χ2n) is 4.76. The van der Waals surface area contributed by atoms with Crippen LogP contribution in [0.3, 0.4) is 0 Å². The Morgan fingerprint density at radius 2 is 1.71 bits per heavy atom. The standard InChI is InChI=1S/C15H11F4NO4/c16-10-6-5-9(14(22)23)13(21)11(10)12(20)7-1-3-8(4-2-7)24-15(17,18)19/h1-6,12,21H,20H2,(H,22,23)/t12-/m0/s1. The van der Waals surface area contributed by atoms with Crippen molar-refractivity contribution in [2.75, 3.05) is 0 Å². The number of rotatable bonds is 4. The van der Waals surface area contributed by atoms with Crippen molar-refractivity contribution >= 4 is 5.97 Å². The maximum atomic E-state index is 13.9. The highest BCUT2D eigenvalue weighted by Crippen LogP contribution is 2.34. The van der Waals surface area contributed by atoms with Crippen LogP contribution in [0.4, 0.5) is 17.6 Å². The Morgan fingerprint density at radius 3 is 2.21 bits per heavy atom. The van der Waals surface area contributed by atoms with Gasteiger partial charge in [-0.3, -0.25) is 0 Å². The minimum absolute atomic E-state index is 0.154. The molecule has 4 N–H and O–H groups in total. The molecule has 0 aromatic heterocycles. The number of carboxylic acids is 1. The van der Waals surface area contributed by atoms with Crippen LogP contribution in [0.1, 0.15) is 27.5 Å². The Kier molecular flexibility index (Phi) is 4.65. The zero-order valence-electron chi connectivity index (χ0n) is 11.8. The molecule has 2 aromatic carbocycles. The number of hydrogen-bond acceptors (Lipinski definition) is 4. The van der Waals surface area contributed by atoms with E-state index in [1.165, 1.54) is 0 Å². The predicted octanol–water partition coefficient (Wildman–Crippen LogP) is 3.18. The molecule has 0 saturated heterocycles. The van der Waals surface area contributed by atoms with Gasteiger partial charge in [-0.1, -0.05) is 12.1 Å². The van der Waals surface area contributed by atoms with E-state index in [1.807, 2.05) is 0 Å². The minimum Gasteiger partial charge on any atom is -0.507 e. The van der Waals surface area contributed by atoms with E-state index >= 15 is 0 Å². The lowest BCUT2D eigenvalue weighted by atomic mass is 9.96. The molecule has 0 heterocycles. The number of carboxylic acid groups (broad SMARTS) is 1. The number of carbonyl (C=O) groups is 1. The number of benzene rings is 2. The van der Waals surface area contributed by atoms with Crippen molar-refractivity contribution in [1.29, 1.82) is 0 Å². The molecule has 128 valence electrons. The molecule has 9 heteroatoms. The number of hydrogen-bond donors (Lipinski definition) is 3. The quantitative estimate of drug-likeness (QED) is 0.740. The average Bonchev–Trinajstić information content (AvgIpc) is 2.45. The summed E-state index contributed by atoms with van der Waals surface area (Å²) in [7, 11) is 0. The summed E-state index contributed by atoms with van der Waals surface area (Å²) >= 11 is 0. The fraction of sp³-hybridized carbons (Fsp3) is 0.133. The van der Waals surface area contributed by atoms with Gasteiger partial charge in [0, 0.05) is 0 Å². The first-order valence-electron chi connectivity index (χ1n) is 6.46. The number of nitrogens with two attached hydrogens (primary N) is 1. The highest BCUT2D eigenvalue weighted by molar-refractivity contribution is 5.91. The molecule has 0 saturated carbocycles. The van der Waals surface area contributed by atoms with E-state index in [0.717, 1.165) is 36.4 Å². The first-order chi connectivity index (χ1) is 11.1. The minimum atomic E-state index is -4.86. The van der Waals surface area contributed by atoms with Crippen molar-refractivity contribution in [3.8, 4) is 11.5 Å². The average molecular weight is 345 g/mol. The zero-order chi connectivity index (χ0) is 18.1. The Balaban J connectivity index is 2.37. The topological polar surface area (TPSA) is 92.8 Å². The van der Waals surface area contributed by atoms with E-state index < -0.39 is 46.8 Å². The molecule has 0 bridgehead atoms. The van der Waals surface area contributed by atoms with Crippen LogP contribution in [0, 0.1) is 5.82 Å². The first-order valence-corrected chi connectivity index (χ1v) is 6.46. The molecule has 5 nitrogen and oxygen atoms in total. The van der Waals surface area contributed by atoms with Crippen LogP contribution in [0.25, 0.3) is 0 Å². The third-order valence-electron chi connectivity index (χ3n) is 3.18. The van der Waals surface area contributed by atoms with Gasteiger partial charge in [0.15, 0.2) is 0 Å². The maximum Gasteiger partial charge on any atom is 0.573 e. The summed E-state index contributed by atoms with van der Waals surface area (Å²) in [5.41, 5.74) is 4.95. The summed E-state index contributed by atoms with van der Waals surface area (Å²) in [5.74, 6) is -3.76. The number of aromatic hydroxyl groups is 1. The second-order valence-corrected chi connectivity index (χ2v) is 4.76. The molecule has 0 aliphatic carbocycles. The van der Waals surface area contributed by atoms with E-state index in [0.29, 0.717) is 0 Å². The molecular formula is C15H11F4NO4. The van der Waals surface area contributed by atoms with Crippen molar-refractivity contribution in [3.63, 3.8) is 0 Å². The number of aromatic carboxylic acids is 1. The van der Waals surface area contributed by atoms with Gasteiger partial charge in [-0.15, -0.1) is 13.2 Å². The highest BCUT2D eigenvalue weighted by Gasteiger charge is 2.31. The molecule has 0 fully saturated rings. The monoisotopic (exact) mass is 345 g/mol. The van der Waals surface area contributed by atoms with E-state index in [4.69, 9.17) is 10.8 Å². The van der Waals surface area contributed by atoms with Gasteiger partial charge in [0.05, 0.1) is 11.6 Å². The number of phenols is 1. The number of halogens is 4. The summed E-state index contributed by atoms with van der Waals surface area (Å²) < 4.78 is 53.9. The Bertz CT molecular complexity index is 759. The molecule has 0 amide bonds. The predicted molar refractivity (Wildman–Crippen MR) is 74.2 cm³/mol. The highest BCUT2D eigenvalue weighted by atomic mass is 19.4. The van der Waals surface area contributed by atoms with Gasteiger partial charge >= 0.3 is 12.3 Å². The number of alkyl halides is 3. The molecular weight excluding hydrogens is 334 g/mol. The van der Waals surface area contributed by atoms with Gasteiger partial charge in [0.2, 0.25) is 0 Å². The lowest BCUT2D eigenvalue weighted by molar-refractivity contribution is -0.274. The van der Waals surface area contributed by atoms with Crippen molar-refractivity contribution < 1.29 is 37.3 Å². The summed E-state index contributed by atoms with van der Waals surface area (Å²) in [6.07, 6.45) is -4.86. The molecule has 0 radical (unpaired) electrons. The molecule has 0 aliphatic rings. The normalized spacial score (nSPS) is 12.7. The van der Waals surface area contributed by atoms with E-state index in [-0.39, 0.29) is 5.56 Å². The molecule has 2 rings (SSSR count). The van der Waals surface area contributed by atoms with Gasteiger partial charge in [-0.05, 0) is 29.8 Å². The molecule has 1 atom stereocenters. The van der Waals surface area contributed by atoms with Gasteiger partial charge in [-0.25, -0.2) is 9.18 Å². The second kappa shape index (κ2) is 6.36. The van der Waals surface area contributed by atoms with Crippen LogP contribution in [0.2, 0.25) is 0 Å². The van der Waals surface area contributed by atoms with Crippen LogP contribution in [0.5, 0.6) is 11.5 Å². The summed E-state index contributed by atoms with van der Waals surface area (Å²) in [4.78, 5) is 11.0.